The van der Waals surface area contributed by atoms with Gasteiger partial charge in [0.15, 0.2) is 0 Å². The molecule has 0 spiro atoms. The number of benzene rings is 1. The molecular weight excluding hydrogens is 320 g/mol. The highest BCUT2D eigenvalue weighted by atomic mass is 32.2. The number of nitrogens with zero attached hydrogens (tertiary/aromatic N) is 2. The van der Waals surface area contributed by atoms with E-state index >= 15 is 0 Å². The van der Waals surface area contributed by atoms with Crippen LogP contribution in [0.2, 0.25) is 0 Å². The van der Waals surface area contributed by atoms with Gasteiger partial charge in [0.25, 0.3) is 0 Å². The van der Waals surface area contributed by atoms with E-state index in [1.807, 2.05) is 47.1 Å². The highest BCUT2D eigenvalue weighted by molar-refractivity contribution is 8.19. The molecule has 21 heavy (non-hydrogen) atoms. The molecule has 4 rings (SSSR count). The molecular formula is C15H12N2OS3. The van der Waals surface area contributed by atoms with Crippen molar-refractivity contribution in [2.45, 2.75) is 4.58 Å². The van der Waals surface area contributed by atoms with Gasteiger partial charge in [-0.2, -0.15) is 0 Å². The van der Waals surface area contributed by atoms with Crippen LogP contribution in [0.15, 0.2) is 42.0 Å². The number of aromatic nitrogens is 2. The average molecular weight is 332 g/mol. The summed E-state index contributed by atoms with van der Waals surface area (Å²) in [6, 6.07) is 10.3. The van der Waals surface area contributed by atoms with Gasteiger partial charge in [0.1, 0.15) is 16.9 Å². The van der Waals surface area contributed by atoms with Gasteiger partial charge in [-0.1, -0.05) is 12.1 Å². The Hall–Kier alpha value is -1.24. The quantitative estimate of drug-likeness (QED) is 0.677. The monoisotopic (exact) mass is 332 g/mol. The molecule has 0 aliphatic carbocycles. The minimum atomic E-state index is 0.571. The van der Waals surface area contributed by atoms with Crippen LogP contribution in [0.25, 0.3) is 10.2 Å². The molecule has 0 amide bonds. The number of hydrogen-bond donors (Lipinski definition) is 0. The normalized spacial score (nSPS) is 15.6. The van der Waals surface area contributed by atoms with E-state index in [2.05, 4.69) is 22.1 Å². The van der Waals surface area contributed by atoms with Crippen molar-refractivity contribution >= 4 is 45.1 Å². The van der Waals surface area contributed by atoms with Gasteiger partial charge in [0.2, 0.25) is 5.88 Å². The van der Waals surface area contributed by atoms with Gasteiger partial charge in [0.05, 0.1) is 9.97 Å². The van der Waals surface area contributed by atoms with Crippen LogP contribution in [0.4, 0.5) is 0 Å². The van der Waals surface area contributed by atoms with Gasteiger partial charge in [-0.15, -0.1) is 34.9 Å². The lowest BCUT2D eigenvalue weighted by molar-refractivity contribution is 0.468. The number of hydrogen-bond acceptors (Lipinski definition) is 6. The summed E-state index contributed by atoms with van der Waals surface area (Å²) in [6.07, 6.45) is 1.55. The van der Waals surface area contributed by atoms with Gasteiger partial charge in [-0.3, -0.25) is 0 Å². The number of thioether (sulfide) groups is 2. The zero-order chi connectivity index (χ0) is 14.1. The van der Waals surface area contributed by atoms with E-state index in [0.29, 0.717) is 10.5 Å². The van der Waals surface area contributed by atoms with E-state index < -0.39 is 0 Å². The van der Waals surface area contributed by atoms with Crippen LogP contribution < -0.4 is 4.74 Å². The average Bonchev–Trinajstić information content (AvgIpc) is 3.20. The number of fused-ring (bicyclic) bond motifs is 1. The topological polar surface area (TPSA) is 35.0 Å². The van der Waals surface area contributed by atoms with Crippen molar-refractivity contribution in [2.75, 3.05) is 11.5 Å². The minimum Gasteiger partial charge on any atom is -0.438 e. The predicted octanol–water partition coefficient (Wildman–Crippen LogP) is 4.96. The second-order valence-corrected chi connectivity index (χ2v) is 8.18. The lowest BCUT2D eigenvalue weighted by Crippen LogP contribution is -1.90. The third kappa shape index (κ3) is 2.75. The van der Waals surface area contributed by atoms with E-state index in [-0.39, 0.29) is 0 Å². The van der Waals surface area contributed by atoms with Crippen molar-refractivity contribution in [3.05, 3.63) is 47.6 Å². The molecule has 0 saturated carbocycles. The summed E-state index contributed by atoms with van der Waals surface area (Å²) < 4.78 is 6.48. The maximum Gasteiger partial charge on any atom is 0.231 e. The molecule has 0 bridgehead atoms. The molecule has 3 heterocycles. The second-order valence-electron chi connectivity index (χ2n) is 4.56. The van der Waals surface area contributed by atoms with Crippen molar-refractivity contribution in [2.24, 2.45) is 0 Å². The van der Waals surface area contributed by atoms with Crippen molar-refractivity contribution in [1.82, 2.24) is 9.97 Å². The Morgan fingerprint density at radius 3 is 2.62 bits per heavy atom. The van der Waals surface area contributed by atoms with E-state index in [0.717, 1.165) is 16.0 Å². The molecule has 0 atom stereocenters. The molecule has 106 valence electrons. The Morgan fingerprint density at radius 1 is 1.00 bits per heavy atom. The Bertz CT molecular complexity index is 751. The van der Waals surface area contributed by atoms with E-state index in [1.54, 1.807) is 17.7 Å². The van der Waals surface area contributed by atoms with E-state index in [9.17, 15) is 0 Å². The lowest BCUT2D eigenvalue weighted by atomic mass is 10.2. The molecule has 0 unspecified atom stereocenters. The van der Waals surface area contributed by atoms with Crippen LogP contribution in [0, 0.1) is 0 Å². The largest absolute Gasteiger partial charge is 0.438 e. The summed E-state index contributed by atoms with van der Waals surface area (Å²) >= 11 is 5.62. The van der Waals surface area contributed by atoms with E-state index in [1.165, 1.54) is 17.1 Å². The smallest absolute Gasteiger partial charge is 0.231 e. The second kappa shape index (κ2) is 5.87. The number of thiophene rings is 1. The van der Waals surface area contributed by atoms with Crippen molar-refractivity contribution in [3.8, 4) is 11.6 Å². The first-order chi connectivity index (χ1) is 10.4. The minimum absolute atomic E-state index is 0.571. The molecule has 1 saturated heterocycles. The van der Waals surface area contributed by atoms with Crippen LogP contribution in [-0.4, -0.2) is 21.5 Å². The summed E-state index contributed by atoms with van der Waals surface area (Å²) in [5, 5.41) is 2.97. The Labute approximate surface area is 135 Å². The molecule has 1 aliphatic heterocycles. The molecule has 1 aliphatic rings. The number of ether oxygens (including phenoxy) is 1. The van der Waals surface area contributed by atoms with Gasteiger partial charge < -0.3 is 4.74 Å². The van der Waals surface area contributed by atoms with Crippen molar-refractivity contribution < 1.29 is 4.74 Å². The maximum absolute atomic E-state index is 5.91. The van der Waals surface area contributed by atoms with Gasteiger partial charge in [0, 0.05) is 11.5 Å². The van der Waals surface area contributed by atoms with Crippen LogP contribution in [-0.2, 0) is 0 Å². The van der Waals surface area contributed by atoms with Crippen LogP contribution in [0.5, 0.6) is 11.6 Å². The first kappa shape index (κ1) is 13.4. The summed E-state index contributed by atoms with van der Waals surface area (Å²) in [7, 11) is 0. The van der Waals surface area contributed by atoms with Crippen molar-refractivity contribution in [3.63, 3.8) is 0 Å². The highest BCUT2D eigenvalue weighted by Crippen LogP contribution is 2.45. The van der Waals surface area contributed by atoms with Gasteiger partial charge >= 0.3 is 0 Å². The molecule has 3 aromatic rings. The first-order valence-corrected chi connectivity index (χ1v) is 9.57. The summed E-state index contributed by atoms with van der Waals surface area (Å²) in [6.45, 7) is 0. The zero-order valence-electron chi connectivity index (χ0n) is 11.1. The van der Waals surface area contributed by atoms with Gasteiger partial charge in [-0.05, 0) is 29.1 Å². The fraction of sp³-hybridized carbons (Fsp3) is 0.200. The molecule has 2 aromatic heterocycles. The molecule has 1 fully saturated rings. The summed E-state index contributed by atoms with van der Waals surface area (Å²) in [5.74, 6) is 3.92. The Kier molecular flexibility index (Phi) is 3.75. The standard InChI is InChI=1S/C15H12N2OS3/c1-3-11(4-2-10(1)15-20-7-8-21-15)18-13-12-5-6-19-14(12)17-9-16-13/h1-6,9,15H,7-8H2. The Morgan fingerprint density at radius 2 is 1.81 bits per heavy atom. The van der Waals surface area contributed by atoms with Crippen LogP contribution in [0.1, 0.15) is 10.1 Å². The Balaban J connectivity index is 1.58. The summed E-state index contributed by atoms with van der Waals surface area (Å²) in [5.41, 5.74) is 1.36. The van der Waals surface area contributed by atoms with Crippen LogP contribution >= 0.6 is 34.9 Å². The maximum atomic E-state index is 5.91. The SMILES string of the molecule is c1nc(Oc2ccc(C3SCCS3)cc2)c2ccsc2n1. The summed E-state index contributed by atoms with van der Waals surface area (Å²) in [4.78, 5) is 9.43. The molecule has 0 N–H and O–H groups in total. The molecule has 6 heteroatoms. The van der Waals surface area contributed by atoms with Gasteiger partial charge in [-0.25, -0.2) is 9.97 Å². The third-order valence-corrected chi connectivity index (χ3v) is 7.14. The van der Waals surface area contributed by atoms with Crippen LogP contribution in [0.3, 0.4) is 0 Å². The number of rotatable bonds is 3. The fourth-order valence-corrected chi connectivity index (χ4v) is 5.79. The predicted molar refractivity (Wildman–Crippen MR) is 91.6 cm³/mol. The molecule has 3 nitrogen and oxygen atoms in total. The highest BCUT2D eigenvalue weighted by Gasteiger charge is 2.18. The zero-order valence-corrected chi connectivity index (χ0v) is 13.5. The molecule has 1 aromatic carbocycles. The van der Waals surface area contributed by atoms with Crippen molar-refractivity contribution in [1.29, 1.82) is 0 Å². The molecule has 0 radical (unpaired) electrons. The third-order valence-electron chi connectivity index (χ3n) is 3.21. The van der Waals surface area contributed by atoms with E-state index in [4.69, 9.17) is 4.74 Å². The lowest BCUT2D eigenvalue weighted by Gasteiger charge is -2.10. The first-order valence-electron chi connectivity index (χ1n) is 6.59. The fourth-order valence-electron chi connectivity index (χ4n) is 2.20.